The molecule has 142 valence electrons. The number of terminal acetylenes is 1. The minimum absolute atomic E-state index is 0.243. The predicted molar refractivity (Wildman–Crippen MR) is 107 cm³/mol. The van der Waals surface area contributed by atoms with Crippen molar-refractivity contribution in [2.45, 2.75) is 44.8 Å². The maximum atomic E-state index is 12.4. The minimum atomic E-state index is -1.37. The van der Waals surface area contributed by atoms with Crippen LogP contribution in [0.1, 0.15) is 37.8 Å². The Balaban J connectivity index is 2.12. The molecule has 4 heteroatoms. The Morgan fingerprint density at radius 1 is 1.11 bits per heavy atom. The maximum Gasteiger partial charge on any atom is 0.331 e. The number of nitrogens with two attached hydrogens (primary N) is 1. The molecule has 4 nitrogen and oxygen atoms in total. The largest absolute Gasteiger partial charge is 0.475 e. The molecule has 2 unspecified atom stereocenters. The van der Waals surface area contributed by atoms with E-state index in [1.54, 1.807) is 6.92 Å². The molecule has 0 aliphatic heterocycles. The van der Waals surface area contributed by atoms with Gasteiger partial charge >= 0.3 is 5.97 Å². The second kappa shape index (κ2) is 9.80. The van der Waals surface area contributed by atoms with E-state index in [1.807, 2.05) is 49.4 Å². The van der Waals surface area contributed by atoms with Crippen molar-refractivity contribution in [3.63, 3.8) is 0 Å². The van der Waals surface area contributed by atoms with Crippen molar-refractivity contribution in [1.82, 2.24) is 0 Å². The Kier molecular flexibility index (Phi) is 7.45. The van der Waals surface area contributed by atoms with Gasteiger partial charge in [-0.05, 0) is 43.0 Å². The number of carbonyl (C=O) groups excluding carboxylic acids is 1. The van der Waals surface area contributed by atoms with Crippen molar-refractivity contribution in [2.24, 2.45) is 5.73 Å². The van der Waals surface area contributed by atoms with Crippen molar-refractivity contribution < 1.29 is 14.3 Å². The van der Waals surface area contributed by atoms with Crippen LogP contribution in [0.2, 0.25) is 0 Å². The zero-order valence-electron chi connectivity index (χ0n) is 16.0. The van der Waals surface area contributed by atoms with E-state index in [4.69, 9.17) is 21.6 Å². The van der Waals surface area contributed by atoms with Gasteiger partial charge in [-0.3, -0.25) is 0 Å². The van der Waals surface area contributed by atoms with E-state index < -0.39 is 17.6 Å². The van der Waals surface area contributed by atoms with Gasteiger partial charge in [0, 0.05) is 0 Å². The van der Waals surface area contributed by atoms with Crippen LogP contribution in [-0.2, 0) is 16.0 Å². The van der Waals surface area contributed by atoms with Gasteiger partial charge in [-0.15, -0.1) is 6.42 Å². The topological polar surface area (TPSA) is 61.5 Å². The summed E-state index contributed by atoms with van der Waals surface area (Å²) in [6.45, 7) is 3.92. The Hall–Kier alpha value is -2.77. The van der Waals surface area contributed by atoms with Crippen LogP contribution in [0.5, 0.6) is 5.75 Å². The van der Waals surface area contributed by atoms with Crippen molar-refractivity contribution in [1.29, 1.82) is 0 Å². The molecular weight excluding hydrogens is 338 g/mol. The fraction of sp³-hybridized carbons (Fsp3) is 0.348. The van der Waals surface area contributed by atoms with Crippen molar-refractivity contribution >= 4 is 5.97 Å². The first kappa shape index (κ1) is 20.5. The molecule has 2 atom stereocenters. The quantitative estimate of drug-likeness (QED) is 0.543. The summed E-state index contributed by atoms with van der Waals surface area (Å²) in [6, 6.07) is 17.9. The Morgan fingerprint density at radius 3 is 2.30 bits per heavy atom. The second-order valence-corrected chi connectivity index (χ2v) is 6.48. The predicted octanol–water partition coefficient (Wildman–Crippen LogP) is 3.72. The van der Waals surface area contributed by atoms with Gasteiger partial charge in [0.2, 0.25) is 0 Å². The van der Waals surface area contributed by atoms with Crippen LogP contribution in [0.25, 0.3) is 0 Å². The zero-order valence-corrected chi connectivity index (χ0v) is 16.0. The number of esters is 1. The van der Waals surface area contributed by atoms with E-state index in [0.717, 1.165) is 12.0 Å². The van der Waals surface area contributed by atoms with Gasteiger partial charge in [0.25, 0.3) is 0 Å². The van der Waals surface area contributed by atoms with Crippen LogP contribution in [0.3, 0.4) is 0 Å². The number of rotatable bonds is 9. The number of hydrogen-bond donors (Lipinski definition) is 1. The molecule has 0 spiro atoms. The summed E-state index contributed by atoms with van der Waals surface area (Å²) >= 11 is 0. The lowest BCUT2D eigenvalue weighted by Gasteiger charge is -2.32. The van der Waals surface area contributed by atoms with Gasteiger partial charge in [-0.1, -0.05) is 61.7 Å². The number of carbonyl (C=O) groups is 1. The van der Waals surface area contributed by atoms with Gasteiger partial charge < -0.3 is 15.2 Å². The average molecular weight is 365 g/mol. The summed E-state index contributed by atoms with van der Waals surface area (Å²) < 4.78 is 11.0. The first-order valence-electron chi connectivity index (χ1n) is 9.25. The van der Waals surface area contributed by atoms with Crippen LogP contribution in [0, 0.1) is 12.3 Å². The summed E-state index contributed by atoms with van der Waals surface area (Å²) in [6.07, 6.45) is 6.64. The first-order valence-corrected chi connectivity index (χ1v) is 9.25. The third-order valence-electron chi connectivity index (χ3n) is 4.37. The molecule has 0 aromatic heterocycles. The summed E-state index contributed by atoms with van der Waals surface area (Å²) in [7, 11) is 0. The first-order chi connectivity index (χ1) is 13.0. The second-order valence-electron chi connectivity index (χ2n) is 6.48. The van der Waals surface area contributed by atoms with Gasteiger partial charge in [0.15, 0.2) is 11.6 Å². The molecule has 0 saturated heterocycles. The van der Waals surface area contributed by atoms with Crippen LogP contribution >= 0.6 is 0 Å². The average Bonchev–Trinajstić information content (AvgIpc) is 2.68. The van der Waals surface area contributed by atoms with E-state index >= 15 is 0 Å². The lowest BCUT2D eigenvalue weighted by molar-refractivity contribution is -0.152. The van der Waals surface area contributed by atoms with Gasteiger partial charge in [-0.25, -0.2) is 4.79 Å². The molecule has 2 aromatic rings. The number of hydrogen-bond acceptors (Lipinski definition) is 4. The van der Waals surface area contributed by atoms with Gasteiger partial charge in [-0.2, -0.15) is 0 Å². The Morgan fingerprint density at radius 2 is 1.74 bits per heavy atom. The molecule has 27 heavy (non-hydrogen) atoms. The number of benzene rings is 2. The molecule has 0 heterocycles. The molecule has 0 radical (unpaired) electrons. The lowest BCUT2D eigenvalue weighted by Crippen LogP contribution is -2.59. The smallest absolute Gasteiger partial charge is 0.331 e. The fourth-order valence-corrected chi connectivity index (χ4v) is 2.96. The van der Waals surface area contributed by atoms with E-state index in [0.29, 0.717) is 18.6 Å². The highest BCUT2D eigenvalue weighted by Crippen LogP contribution is 2.23. The van der Waals surface area contributed by atoms with E-state index in [1.165, 1.54) is 5.56 Å². The highest BCUT2D eigenvalue weighted by Gasteiger charge is 2.44. The molecule has 0 aliphatic carbocycles. The normalized spacial score (nSPS) is 13.9. The third kappa shape index (κ3) is 5.35. The molecule has 0 saturated carbocycles. The van der Waals surface area contributed by atoms with Crippen LogP contribution in [-0.4, -0.2) is 24.2 Å². The summed E-state index contributed by atoms with van der Waals surface area (Å²) in [5.41, 5.74) is 7.35. The van der Waals surface area contributed by atoms with Crippen LogP contribution in [0.4, 0.5) is 0 Å². The standard InChI is InChI=1S/C23H27NO3/c1-4-16-23(24,22(25)26-6-3)21(5-2)27-20-14-12-19(13-15-20)17-18-10-8-7-9-11-18/h2,7-15,21H,4,6,16-17,24H2,1,3H3. The maximum absolute atomic E-state index is 12.4. The molecular formula is C23H27NO3. The lowest BCUT2D eigenvalue weighted by atomic mass is 9.88. The highest BCUT2D eigenvalue weighted by atomic mass is 16.5. The van der Waals surface area contributed by atoms with Crippen LogP contribution < -0.4 is 10.5 Å². The van der Waals surface area contributed by atoms with Gasteiger partial charge in [0.1, 0.15) is 5.75 Å². The van der Waals surface area contributed by atoms with E-state index in [-0.39, 0.29) is 6.61 Å². The monoisotopic (exact) mass is 365 g/mol. The van der Waals surface area contributed by atoms with Gasteiger partial charge in [0.05, 0.1) is 6.61 Å². The SMILES string of the molecule is C#CC(Oc1ccc(Cc2ccccc2)cc1)C(N)(CCC)C(=O)OCC. The summed E-state index contributed by atoms with van der Waals surface area (Å²) in [4.78, 5) is 12.4. The van der Waals surface area contributed by atoms with Crippen molar-refractivity contribution in [2.75, 3.05) is 6.61 Å². The summed E-state index contributed by atoms with van der Waals surface area (Å²) in [5.74, 6) is 2.56. The molecule has 2 N–H and O–H groups in total. The van der Waals surface area contributed by atoms with E-state index in [9.17, 15) is 4.79 Å². The Labute approximate surface area is 161 Å². The molecule has 0 amide bonds. The molecule has 2 rings (SSSR count). The highest BCUT2D eigenvalue weighted by molar-refractivity contribution is 5.82. The number of ether oxygens (including phenoxy) is 2. The van der Waals surface area contributed by atoms with Crippen molar-refractivity contribution in [3.05, 3.63) is 65.7 Å². The molecule has 0 bridgehead atoms. The molecule has 2 aromatic carbocycles. The van der Waals surface area contributed by atoms with Crippen molar-refractivity contribution in [3.8, 4) is 18.1 Å². The molecule has 0 aliphatic rings. The fourth-order valence-electron chi connectivity index (χ4n) is 2.96. The Bertz CT molecular complexity index is 764. The third-order valence-corrected chi connectivity index (χ3v) is 4.37. The van der Waals surface area contributed by atoms with Crippen LogP contribution in [0.15, 0.2) is 54.6 Å². The summed E-state index contributed by atoms with van der Waals surface area (Å²) in [5, 5.41) is 0. The minimum Gasteiger partial charge on any atom is -0.475 e. The molecule has 0 fully saturated rings. The van der Waals surface area contributed by atoms with E-state index in [2.05, 4.69) is 18.1 Å². The zero-order chi connectivity index (χ0) is 19.7.